The monoisotopic (exact) mass is 540 g/mol. The van der Waals surface area contributed by atoms with Crippen LogP contribution in [0.4, 0.5) is 0 Å². The summed E-state index contributed by atoms with van der Waals surface area (Å²) in [7, 11) is 2.04. The van der Waals surface area contributed by atoms with E-state index in [1.54, 1.807) is 0 Å². The minimum Gasteiger partial charge on any atom is -1.00 e. The van der Waals surface area contributed by atoms with E-state index in [1.807, 2.05) is 7.05 Å². The summed E-state index contributed by atoms with van der Waals surface area (Å²) in [5.74, 6) is 0. The zero-order valence-electron chi connectivity index (χ0n) is 12.9. The first-order valence-corrected chi connectivity index (χ1v) is 8.42. The molecular formula is C17H23Br2IN2. The fourth-order valence-electron chi connectivity index (χ4n) is 2.23. The Bertz CT molecular complexity index is 515. The van der Waals surface area contributed by atoms with Crippen LogP contribution in [0.3, 0.4) is 0 Å². The zero-order valence-corrected chi connectivity index (χ0v) is 18.2. The maximum Gasteiger partial charge on any atom is 0.169 e. The summed E-state index contributed by atoms with van der Waals surface area (Å²) in [5, 5.41) is 1.13. The van der Waals surface area contributed by atoms with Gasteiger partial charge < -0.3 is 41.0 Å². The molecule has 0 spiro atoms. The lowest BCUT2D eigenvalue weighted by Crippen LogP contribution is -3.00. The summed E-state index contributed by atoms with van der Waals surface area (Å²) < 4.78 is 4.33. The second kappa shape index (κ2) is 12.4. The van der Waals surface area contributed by atoms with Crippen LogP contribution in [0.1, 0.15) is 25.7 Å². The van der Waals surface area contributed by atoms with E-state index in [0.29, 0.717) is 0 Å². The average molecular weight is 542 g/mol. The van der Waals surface area contributed by atoms with E-state index < -0.39 is 0 Å². The molecule has 2 aromatic rings. The molecule has 0 atom stereocenters. The highest BCUT2D eigenvalue weighted by Gasteiger charge is 2.04. The smallest absolute Gasteiger partial charge is 0.169 e. The lowest BCUT2D eigenvalue weighted by molar-refractivity contribution is -0.697. The van der Waals surface area contributed by atoms with E-state index in [2.05, 4.69) is 74.1 Å². The summed E-state index contributed by atoms with van der Waals surface area (Å²) in [6.45, 7) is 1.12. The molecule has 122 valence electrons. The van der Waals surface area contributed by atoms with Gasteiger partial charge in [-0.05, 0) is 24.0 Å². The quantitative estimate of drug-likeness (QED) is 0.158. The van der Waals surface area contributed by atoms with Gasteiger partial charge in [0, 0.05) is 36.0 Å². The number of aryl methyl sites for hydroxylation is 2. The maximum absolute atomic E-state index is 3.47. The summed E-state index contributed by atoms with van der Waals surface area (Å²) in [6, 6.07) is 8.71. The zero-order chi connectivity index (χ0) is 14.2. The van der Waals surface area contributed by atoms with E-state index in [-0.39, 0.29) is 41.0 Å². The van der Waals surface area contributed by atoms with Crippen LogP contribution in [0.5, 0.6) is 0 Å². The van der Waals surface area contributed by atoms with Crippen LogP contribution in [0.2, 0.25) is 0 Å². The van der Waals surface area contributed by atoms with Gasteiger partial charge >= 0.3 is 0 Å². The maximum atomic E-state index is 3.47. The van der Waals surface area contributed by atoms with Crippen LogP contribution in [-0.2, 0) is 13.6 Å². The van der Waals surface area contributed by atoms with Crippen molar-refractivity contribution in [2.24, 2.45) is 7.05 Å². The average Bonchev–Trinajstić information content (AvgIpc) is 2.49. The molecule has 2 rings (SSSR count). The minimum atomic E-state index is 0. The van der Waals surface area contributed by atoms with E-state index in [1.165, 1.54) is 36.8 Å². The van der Waals surface area contributed by atoms with E-state index >= 15 is 0 Å². The predicted molar refractivity (Wildman–Crippen MR) is 85.5 cm³/mol. The van der Waals surface area contributed by atoms with Gasteiger partial charge in [0.05, 0.1) is 0 Å². The highest BCUT2D eigenvalue weighted by Crippen LogP contribution is 2.15. The summed E-state index contributed by atoms with van der Waals surface area (Å²) in [4.78, 5) is 0. The number of hydrogen-bond acceptors (Lipinski definition) is 0. The molecule has 0 amide bonds. The summed E-state index contributed by atoms with van der Waals surface area (Å²) >= 11 is 3.47. The first-order chi connectivity index (χ1) is 9.79. The first-order valence-electron chi connectivity index (χ1n) is 7.30. The van der Waals surface area contributed by atoms with Gasteiger partial charge in [0.1, 0.15) is 13.6 Å². The molecule has 0 unspecified atom stereocenters. The third-order valence-corrected chi connectivity index (χ3v) is 4.06. The standard InChI is InChI=1S/C17H23BrN2.BrH.HI/c1-19-12-6-16(7-13-19)17-8-14-20(15-9-17)11-5-3-2-4-10-18;;/h6-9,12-15H,2-5,10-11H2,1H3;2*1H/q+2;;/p-2. The molecular weight excluding hydrogens is 519 g/mol. The topological polar surface area (TPSA) is 7.76 Å². The number of unbranched alkanes of at least 4 members (excludes halogenated alkanes) is 3. The molecule has 0 saturated carbocycles. The van der Waals surface area contributed by atoms with Gasteiger partial charge in [-0.2, -0.15) is 0 Å². The van der Waals surface area contributed by atoms with Crippen LogP contribution < -0.4 is 50.1 Å². The van der Waals surface area contributed by atoms with Crippen molar-refractivity contribution in [1.29, 1.82) is 0 Å². The highest BCUT2D eigenvalue weighted by molar-refractivity contribution is 9.09. The molecule has 2 aromatic heterocycles. The van der Waals surface area contributed by atoms with Gasteiger partial charge in [0.2, 0.25) is 0 Å². The Morgan fingerprint density at radius 1 is 0.818 bits per heavy atom. The van der Waals surface area contributed by atoms with Gasteiger partial charge in [0.25, 0.3) is 0 Å². The molecule has 0 bridgehead atoms. The number of alkyl halides is 1. The molecule has 0 N–H and O–H groups in total. The number of hydrogen-bond donors (Lipinski definition) is 0. The molecule has 0 aliphatic carbocycles. The first kappa shape index (κ1) is 22.0. The Hall–Kier alpha value is -0.0100. The van der Waals surface area contributed by atoms with Crippen LogP contribution in [-0.4, -0.2) is 5.33 Å². The number of pyridine rings is 2. The molecule has 22 heavy (non-hydrogen) atoms. The largest absolute Gasteiger partial charge is 1.00 e. The summed E-state index contributed by atoms with van der Waals surface area (Å²) in [6.07, 6.45) is 13.7. The normalized spacial score (nSPS) is 9.73. The molecule has 0 fully saturated rings. The second-order valence-corrected chi connectivity index (χ2v) is 5.97. The van der Waals surface area contributed by atoms with Crippen molar-refractivity contribution in [1.82, 2.24) is 0 Å². The Morgan fingerprint density at radius 3 is 1.86 bits per heavy atom. The third-order valence-electron chi connectivity index (χ3n) is 3.50. The van der Waals surface area contributed by atoms with E-state index in [0.717, 1.165) is 11.9 Å². The van der Waals surface area contributed by atoms with Crippen molar-refractivity contribution < 1.29 is 50.1 Å². The summed E-state index contributed by atoms with van der Waals surface area (Å²) in [5.41, 5.74) is 2.55. The molecule has 0 aromatic carbocycles. The van der Waals surface area contributed by atoms with Crippen molar-refractivity contribution in [3.63, 3.8) is 0 Å². The second-order valence-electron chi connectivity index (χ2n) is 5.18. The van der Waals surface area contributed by atoms with Crippen LogP contribution in [0.15, 0.2) is 49.1 Å². The predicted octanol–water partition coefficient (Wildman–Crippen LogP) is -2.57. The molecule has 0 saturated heterocycles. The van der Waals surface area contributed by atoms with Gasteiger partial charge in [-0.15, -0.1) is 0 Å². The Kier molecular flexibility index (Phi) is 12.4. The van der Waals surface area contributed by atoms with Crippen LogP contribution in [0, 0.1) is 0 Å². The lowest BCUT2D eigenvalue weighted by atomic mass is 10.1. The fourth-order valence-corrected chi connectivity index (χ4v) is 2.63. The molecule has 0 aliphatic heterocycles. The molecule has 2 nitrogen and oxygen atoms in total. The lowest BCUT2D eigenvalue weighted by Gasteiger charge is -2.01. The minimum absolute atomic E-state index is 0. The van der Waals surface area contributed by atoms with Gasteiger partial charge in [-0.3, -0.25) is 0 Å². The van der Waals surface area contributed by atoms with E-state index in [4.69, 9.17) is 0 Å². The van der Waals surface area contributed by atoms with Gasteiger partial charge in [-0.1, -0.05) is 22.4 Å². The molecule has 5 heteroatoms. The van der Waals surface area contributed by atoms with Gasteiger partial charge in [0.15, 0.2) is 24.8 Å². The number of rotatable bonds is 7. The van der Waals surface area contributed by atoms with Crippen molar-refractivity contribution in [2.75, 3.05) is 5.33 Å². The van der Waals surface area contributed by atoms with Crippen molar-refractivity contribution in [3.05, 3.63) is 49.1 Å². The SMILES string of the molecule is C[n+]1ccc(-c2cc[n+](CCCCCCBr)cc2)cc1.[Br-].[I-]. The molecule has 0 aliphatic rings. The Morgan fingerprint density at radius 2 is 1.32 bits per heavy atom. The van der Waals surface area contributed by atoms with Crippen molar-refractivity contribution >= 4 is 15.9 Å². The van der Waals surface area contributed by atoms with Crippen molar-refractivity contribution in [2.45, 2.75) is 32.2 Å². The molecule has 2 heterocycles. The van der Waals surface area contributed by atoms with Gasteiger partial charge in [-0.25, -0.2) is 9.13 Å². The number of nitrogens with zero attached hydrogens (tertiary/aromatic N) is 2. The Balaban J connectivity index is 0.00000220. The van der Waals surface area contributed by atoms with Crippen LogP contribution in [0.25, 0.3) is 11.1 Å². The van der Waals surface area contributed by atoms with Crippen LogP contribution >= 0.6 is 15.9 Å². The fraction of sp³-hybridized carbons (Fsp3) is 0.412. The Labute approximate surface area is 169 Å². The third kappa shape index (κ3) is 7.51. The van der Waals surface area contributed by atoms with E-state index in [9.17, 15) is 0 Å². The van der Waals surface area contributed by atoms with Crippen molar-refractivity contribution in [3.8, 4) is 11.1 Å². The number of halogens is 3. The molecule has 0 radical (unpaired) electrons. The highest BCUT2D eigenvalue weighted by atomic mass is 127. The number of aromatic nitrogens is 2.